The molecule has 1 fully saturated rings. The van der Waals surface area contributed by atoms with Crippen molar-refractivity contribution in [3.05, 3.63) is 35.4 Å². The van der Waals surface area contributed by atoms with Crippen molar-refractivity contribution in [2.45, 2.75) is 44.2 Å². The lowest BCUT2D eigenvalue weighted by Crippen LogP contribution is -2.19. The maximum atomic E-state index is 5.62. The van der Waals surface area contributed by atoms with Crippen LogP contribution in [0.1, 0.15) is 55.3 Å². The standard InChI is InChI=1S/C13H20N2/c14-13(15)12-8-6-11(7-9-12)10-4-2-1-3-5-10/h6-10,13H,1-5,14-15H2. The second kappa shape index (κ2) is 4.77. The number of hydrogen-bond donors (Lipinski definition) is 2. The molecule has 0 radical (unpaired) electrons. The normalized spacial score (nSPS) is 18.3. The Labute approximate surface area is 91.7 Å². The lowest BCUT2D eigenvalue weighted by atomic mass is 9.84. The molecule has 1 aromatic carbocycles. The zero-order valence-corrected chi connectivity index (χ0v) is 9.15. The molecule has 15 heavy (non-hydrogen) atoms. The van der Waals surface area contributed by atoms with E-state index in [1.54, 1.807) is 0 Å². The molecule has 0 unspecified atom stereocenters. The van der Waals surface area contributed by atoms with Gasteiger partial charge in [-0.05, 0) is 29.9 Å². The first-order valence-corrected chi connectivity index (χ1v) is 5.88. The minimum absolute atomic E-state index is 0.342. The Hall–Kier alpha value is -0.860. The molecule has 0 heterocycles. The molecule has 2 heteroatoms. The number of rotatable bonds is 2. The minimum Gasteiger partial charge on any atom is -0.312 e. The quantitative estimate of drug-likeness (QED) is 0.728. The molecule has 0 amide bonds. The van der Waals surface area contributed by atoms with Gasteiger partial charge >= 0.3 is 0 Å². The molecule has 1 aromatic rings. The summed E-state index contributed by atoms with van der Waals surface area (Å²) >= 11 is 0. The van der Waals surface area contributed by atoms with E-state index in [0.717, 1.165) is 11.5 Å². The van der Waals surface area contributed by atoms with Gasteiger partial charge < -0.3 is 11.5 Å². The molecule has 82 valence electrons. The van der Waals surface area contributed by atoms with Crippen molar-refractivity contribution >= 4 is 0 Å². The fourth-order valence-corrected chi connectivity index (χ4v) is 2.43. The van der Waals surface area contributed by atoms with E-state index < -0.39 is 0 Å². The first-order chi connectivity index (χ1) is 7.27. The van der Waals surface area contributed by atoms with Crippen molar-refractivity contribution in [3.8, 4) is 0 Å². The van der Waals surface area contributed by atoms with Gasteiger partial charge in [-0.3, -0.25) is 0 Å². The third-order valence-electron chi connectivity index (χ3n) is 3.40. The van der Waals surface area contributed by atoms with E-state index in [4.69, 9.17) is 11.5 Å². The van der Waals surface area contributed by atoms with Crippen molar-refractivity contribution in [2.24, 2.45) is 11.5 Å². The number of nitrogens with two attached hydrogens (primary N) is 2. The van der Waals surface area contributed by atoms with Gasteiger partial charge in [0.05, 0.1) is 6.17 Å². The molecular weight excluding hydrogens is 184 g/mol. The molecule has 2 rings (SSSR count). The van der Waals surface area contributed by atoms with E-state index in [-0.39, 0.29) is 6.17 Å². The van der Waals surface area contributed by atoms with Crippen LogP contribution in [0.4, 0.5) is 0 Å². The molecule has 0 aromatic heterocycles. The van der Waals surface area contributed by atoms with Crippen LogP contribution in [0.3, 0.4) is 0 Å². The van der Waals surface area contributed by atoms with Crippen LogP contribution in [0.15, 0.2) is 24.3 Å². The third-order valence-corrected chi connectivity index (χ3v) is 3.40. The van der Waals surface area contributed by atoms with Gasteiger partial charge in [0.25, 0.3) is 0 Å². The Morgan fingerprint density at radius 1 is 0.933 bits per heavy atom. The smallest absolute Gasteiger partial charge is 0.0784 e. The summed E-state index contributed by atoms with van der Waals surface area (Å²) in [7, 11) is 0. The van der Waals surface area contributed by atoms with Crippen LogP contribution >= 0.6 is 0 Å². The molecule has 0 saturated heterocycles. The van der Waals surface area contributed by atoms with Crippen LogP contribution < -0.4 is 11.5 Å². The summed E-state index contributed by atoms with van der Waals surface area (Å²) in [5.74, 6) is 0.766. The summed E-state index contributed by atoms with van der Waals surface area (Å²) < 4.78 is 0. The summed E-state index contributed by atoms with van der Waals surface area (Å²) in [4.78, 5) is 0. The molecule has 2 nitrogen and oxygen atoms in total. The molecule has 0 aliphatic heterocycles. The highest BCUT2D eigenvalue weighted by Crippen LogP contribution is 2.32. The second-order valence-corrected chi connectivity index (χ2v) is 4.53. The van der Waals surface area contributed by atoms with Crippen molar-refractivity contribution in [1.29, 1.82) is 0 Å². The Bertz CT molecular complexity index is 297. The van der Waals surface area contributed by atoms with E-state index in [9.17, 15) is 0 Å². The van der Waals surface area contributed by atoms with Gasteiger partial charge in [0, 0.05) is 0 Å². The summed E-state index contributed by atoms with van der Waals surface area (Å²) in [5.41, 5.74) is 13.7. The minimum atomic E-state index is -0.342. The van der Waals surface area contributed by atoms with Gasteiger partial charge in [0.2, 0.25) is 0 Å². The highest BCUT2D eigenvalue weighted by molar-refractivity contribution is 5.27. The highest BCUT2D eigenvalue weighted by Gasteiger charge is 2.15. The van der Waals surface area contributed by atoms with Crippen LogP contribution in [0.2, 0.25) is 0 Å². The topological polar surface area (TPSA) is 52.0 Å². The fraction of sp³-hybridized carbons (Fsp3) is 0.538. The lowest BCUT2D eigenvalue weighted by molar-refractivity contribution is 0.443. The Morgan fingerprint density at radius 2 is 1.53 bits per heavy atom. The summed E-state index contributed by atoms with van der Waals surface area (Å²) in [6, 6.07) is 8.51. The van der Waals surface area contributed by atoms with Gasteiger partial charge in [-0.15, -0.1) is 0 Å². The Balaban J connectivity index is 2.08. The maximum absolute atomic E-state index is 5.62. The number of hydrogen-bond acceptors (Lipinski definition) is 2. The lowest BCUT2D eigenvalue weighted by Gasteiger charge is -2.22. The summed E-state index contributed by atoms with van der Waals surface area (Å²) in [6.45, 7) is 0. The Kier molecular flexibility index (Phi) is 3.39. The zero-order valence-electron chi connectivity index (χ0n) is 9.15. The van der Waals surface area contributed by atoms with Crippen LogP contribution in [-0.2, 0) is 0 Å². The zero-order chi connectivity index (χ0) is 10.7. The van der Waals surface area contributed by atoms with Gasteiger partial charge in [0.1, 0.15) is 0 Å². The predicted octanol–water partition coefficient (Wildman–Crippen LogP) is 2.65. The summed E-state index contributed by atoms with van der Waals surface area (Å²) in [5, 5.41) is 0. The Morgan fingerprint density at radius 3 is 2.07 bits per heavy atom. The van der Waals surface area contributed by atoms with Crippen molar-refractivity contribution in [3.63, 3.8) is 0 Å². The van der Waals surface area contributed by atoms with E-state index in [1.165, 1.54) is 37.7 Å². The van der Waals surface area contributed by atoms with Crippen LogP contribution in [0, 0.1) is 0 Å². The molecule has 0 bridgehead atoms. The van der Waals surface area contributed by atoms with E-state index >= 15 is 0 Å². The molecule has 0 spiro atoms. The maximum Gasteiger partial charge on any atom is 0.0784 e. The average molecular weight is 204 g/mol. The third kappa shape index (κ3) is 2.58. The monoisotopic (exact) mass is 204 g/mol. The van der Waals surface area contributed by atoms with Gasteiger partial charge in [0.15, 0.2) is 0 Å². The second-order valence-electron chi connectivity index (χ2n) is 4.53. The van der Waals surface area contributed by atoms with Gasteiger partial charge in [-0.1, -0.05) is 43.5 Å². The van der Waals surface area contributed by atoms with E-state index in [0.29, 0.717) is 0 Å². The molecule has 4 N–H and O–H groups in total. The van der Waals surface area contributed by atoms with Crippen molar-refractivity contribution < 1.29 is 0 Å². The predicted molar refractivity (Wildman–Crippen MR) is 63.4 cm³/mol. The molecule has 1 saturated carbocycles. The van der Waals surface area contributed by atoms with Crippen molar-refractivity contribution in [1.82, 2.24) is 0 Å². The molecular formula is C13H20N2. The first kappa shape index (κ1) is 10.7. The van der Waals surface area contributed by atoms with E-state index in [1.807, 2.05) is 0 Å². The van der Waals surface area contributed by atoms with Crippen LogP contribution in [-0.4, -0.2) is 0 Å². The molecule has 1 aliphatic carbocycles. The van der Waals surface area contributed by atoms with Gasteiger partial charge in [-0.25, -0.2) is 0 Å². The SMILES string of the molecule is NC(N)c1ccc(C2CCCCC2)cc1. The summed E-state index contributed by atoms with van der Waals surface area (Å²) in [6.07, 6.45) is 6.50. The van der Waals surface area contributed by atoms with E-state index in [2.05, 4.69) is 24.3 Å². The van der Waals surface area contributed by atoms with Crippen molar-refractivity contribution in [2.75, 3.05) is 0 Å². The molecule has 0 atom stereocenters. The number of benzene rings is 1. The first-order valence-electron chi connectivity index (χ1n) is 5.88. The fourth-order valence-electron chi connectivity index (χ4n) is 2.43. The molecule has 1 aliphatic rings. The largest absolute Gasteiger partial charge is 0.312 e. The highest BCUT2D eigenvalue weighted by atomic mass is 14.8. The average Bonchev–Trinajstić information content (AvgIpc) is 2.30. The van der Waals surface area contributed by atoms with Gasteiger partial charge in [-0.2, -0.15) is 0 Å². The van der Waals surface area contributed by atoms with Crippen LogP contribution in [0.25, 0.3) is 0 Å². The van der Waals surface area contributed by atoms with Crippen LogP contribution in [0.5, 0.6) is 0 Å².